The van der Waals surface area contributed by atoms with E-state index in [1.54, 1.807) is 20.8 Å². The average molecular weight is 460 g/mol. The van der Waals surface area contributed by atoms with Gasteiger partial charge in [0.25, 0.3) is 5.91 Å². The Bertz CT molecular complexity index is 1070. The molecule has 3 N–H and O–H groups in total. The smallest absolute Gasteiger partial charge is 0.410 e. The number of nitrogens with two attached hydrogens (primary N) is 1. The molecule has 1 aliphatic rings. The van der Waals surface area contributed by atoms with E-state index in [0.717, 1.165) is 0 Å². The van der Waals surface area contributed by atoms with Gasteiger partial charge in [0.05, 0.1) is 19.0 Å². The molecule has 11 heteroatoms. The van der Waals surface area contributed by atoms with Crippen LogP contribution in [-0.4, -0.2) is 51.5 Å². The Balaban J connectivity index is 1.91. The fourth-order valence-corrected chi connectivity index (χ4v) is 3.65. The summed E-state index contributed by atoms with van der Waals surface area (Å²) in [6, 6.07) is 7.33. The quantitative estimate of drug-likeness (QED) is 0.704. The van der Waals surface area contributed by atoms with E-state index in [-0.39, 0.29) is 37.3 Å². The number of ether oxygens (including phenoxy) is 1. The van der Waals surface area contributed by atoms with Crippen LogP contribution in [-0.2, 0) is 10.3 Å². The predicted octanol–water partition coefficient (Wildman–Crippen LogP) is 3.45. The zero-order valence-electron chi connectivity index (χ0n) is 18.6. The van der Waals surface area contributed by atoms with Crippen LogP contribution in [0.2, 0.25) is 0 Å². The Hall–Kier alpha value is -3.68. The van der Waals surface area contributed by atoms with Gasteiger partial charge in [-0.25, -0.2) is 13.6 Å². The van der Waals surface area contributed by atoms with Crippen LogP contribution in [0.5, 0.6) is 0 Å². The summed E-state index contributed by atoms with van der Waals surface area (Å²) >= 11 is 0. The maximum Gasteiger partial charge on any atom is 0.410 e. The van der Waals surface area contributed by atoms with Crippen LogP contribution in [0.4, 0.5) is 25.1 Å². The molecule has 2 atom stereocenters. The predicted molar refractivity (Wildman–Crippen MR) is 116 cm³/mol. The second kappa shape index (κ2) is 9.05. The first-order chi connectivity index (χ1) is 15.4. The summed E-state index contributed by atoms with van der Waals surface area (Å²) in [7, 11) is 0. The molecule has 0 saturated carbocycles. The van der Waals surface area contributed by atoms with Crippen molar-refractivity contribution in [3.8, 4) is 6.07 Å². The Labute approximate surface area is 190 Å². The average Bonchev–Trinajstić information content (AvgIpc) is 3.14. The Morgan fingerprint density at radius 3 is 2.58 bits per heavy atom. The largest absolute Gasteiger partial charge is 0.444 e. The first-order valence-electron chi connectivity index (χ1n) is 10.4. The highest BCUT2D eigenvalue weighted by Crippen LogP contribution is 2.37. The summed E-state index contributed by atoms with van der Waals surface area (Å²) < 4.78 is 35.4. The molecular weight excluding hydrogens is 434 g/mol. The van der Waals surface area contributed by atoms with Crippen LogP contribution in [0.15, 0.2) is 30.5 Å². The van der Waals surface area contributed by atoms with E-state index < -0.39 is 35.1 Å². The Kier molecular flexibility index (Phi) is 6.58. The molecule has 1 fully saturated rings. The lowest BCUT2D eigenvalue weighted by molar-refractivity contribution is -0.0179. The number of amides is 2. The summed E-state index contributed by atoms with van der Waals surface area (Å²) in [6.07, 6.45) is -1.20. The van der Waals surface area contributed by atoms with Gasteiger partial charge < -0.3 is 20.7 Å². The number of alkyl halides is 1. The van der Waals surface area contributed by atoms with Crippen molar-refractivity contribution in [1.82, 2.24) is 14.7 Å². The molecule has 33 heavy (non-hydrogen) atoms. The SMILES string of the molecule is CC(C)(C)OC(=O)N1CC[C@](CC#N)(n2cc(C(N)=O)c(Nc3ccc(F)cc3)n2)[C@@H](F)C1. The van der Waals surface area contributed by atoms with Gasteiger partial charge >= 0.3 is 6.09 Å². The molecule has 2 amide bonds. The molecule has 1 aromatic carbocycles. The van der Waals surface area contributed by atoms with Crippen molar-refractivity contribution in [1.29, 1.82) is 5.26 Å². The molecule has 2 aromatic rings. The van der Waals surface area contributed by atoms with Gasteiger partial charge in [0.15, 0.2) is 5.82 Å². The van der Waals surface area contributed by atoms with Gasteiger partial charge in [-0.05, 0) is 51.5 Å². The summed E-state index contributed by atoms with van der Waals surface area (Å²) in [5.74, 6) is -1.20. The van der Waals surface area contributed by atoms with Crippen LogP contribution in [0.3, 0.4) is 0 Å². The Morgan fingerprint density at radius 1 is 1.36 bits per heavy atom. The molecule has 9 nitrogen and oxygen atoms in total. The van der Waals surface area contributed by atoms with Crippen LogP contribution in [0.25, 0.3) is 0 Å². The van der Waals surface area contributed by atoms with Gasteiger partial charge in [-0.3, -0.25) is 9.48 Å². The number of anilines is 2. The van der Waals surface area contributed by atoms with E-state index >= 15 is 4.39 Å². The first kappa shape index (κ1) is 24.0. The summed E-state index contributed by atoms with van der Waals surface area (Å²) in [5.41, 5.74) is 3.76. The lowest BCUT2D eigenvalue weighted by atomic mass is 9.83. The maximum absolute atomic E-state index is 15.6. The lowest BCUT2D eigenvalue weighted by Crippen LogP contribution is -2.56. The number of aromatic nitrogens is 2. The minimum absolute atomic E-state index is 0.0154. The number of piperidine rings is 1. The molecule has 0 spiro atoms. The molecule has 3 rings (SSSR count). The number of nitrogens with zero attached hydrogens (tertiary/aromatic N) is 4. The number of carbonyl (C=O) groups is 2. The molecule has 1 aliphatic heterocycles. The van der Waals surface area contributed by atoms with Gasteiger partial charge in [0.1, 0.15) is 28.7 Å². The highest BCUT2D eigenvalue weighted by molar-refractivity contribution is 5.98. The van der Waals surface area contributed by atoms with Gasteiger partial charge in [0, 0.05) is 18.4 Å². The molecular formula is C22H26F2N6O3. The second-order valence-corrected chi connectivity index (χ2v) is 8.91. The standard InChI is InChI=1S/C22H26F2N6O3/c1-21(2,3)33-20(32)29-11-9-22(8-10-25,17(24)13-29)30-12-16(18(26)31)19(28-30)27-15-6-4-14(23)5-7-15/h4-7,12,17H,8-9,11,13H2,1-3H3,(H2,26,31)(H,27,28)/t17-,22-/m0/s1. The van der Waals surface area contributed by atoms with E-state index in [2.05, 4.69) is 10.4 Å². The van der Waals surface area contributed by atoms with Gasteiger partial charge in [-0.1, -0.05) is 0 Å². The number of hydrogen-bond acceptors (Lipinski definition) is 6. The Morgan fingerprint density at radius 2 is 2.03 bits per heavy atom. The molecule has 0 aliphatic carbocycles. The van der Waals surface area contributed by atoms with Crippen LogP contribution in [0, 0.1) is 17.1 Å². The van der Waals surface area contributed by atoms with E-state index in [1.807, 2.05) is 6.07 Å². The lowest BCUT2D eigenvalue weighted by Gasteiger charge is -2.43. The fraction of sp³-hybridized carbons (Fsp3) is 0.455. The van der Waals surface area contributed by atoms with E-state index in [1.165, 1.54) is 40.0 Å². The van der Waals surface area contributed by atoms with Crippen molar-refractivity contribution in [3.05, 3.63) is 41.8 Å². The van der Waals surface area contributed by atoms with Crippen molar-refractivity contribution in [3.63, 3.8) is 0 Å². The molecule has 1 aromatic heterocycles. The van der Waals surface area contributed by atoms with Crippen molar-refractivity contribution in [2.24, 2.45) is 5.73 Å². The first-order valence-corrected chi connectivity index (χ1v) is 10.4. The molecule has 0 bridgehead atoms. The monoisotopic (exact) mass is 460 g/mol. The number of nitriles is 1. The minimum atomic E-state index is -1.67. The third-order valence-electron chi connectivity index (χ3n) is 5.36. The summed E-state index contributed by atoms with van der Waals surface area (Å²) in [4.78, 5) is 25.7. The van der Waals surface area contributed by atoms with Crippen molar-refractivity contribution < 1.29 is 23.1 Å². The molecule has 1 saturated heterocycles. The minimum Gasteiger partial charge on any atom is -0.444 e. The number of primary amides is 1. The number of halogens is 2. The number of likely N-dealkylation sites (tertiary alicyclic amines) is 1. The third-order valence-corrected chi connectivity index (χ3v) is 5.36. The molecule has 2 heterocycles. The van der Waals surface area contributed by atoms with Gasteiger partial charge in [-0.15, -0.1) is 0 Å². The number of carbonyl (C=O) groups excluding carboxylic acids is 2. The zero-order chi connectivity index (χ0) is 24.4. The van der Waals surface area contributed by atoms with Crippen molar-refractivity contribution >= 4 is 23.5 Å². The van der Waals surface area contributed by atoms with E-state index in [9.17, 15) is 19.2 Å². The number of rotatable bonds is 5. The highest BCUT2D eigenvalue weighted by atomic mass is 19.1. The van der Waals surface area contributed by atoms with Crippen LogP contribution < -0.4 is 11.1 Å². The fourth-order valence-electron chi connectivity index (χ4n) is 3.65. The van der Waals surface area contributed by atoms with Crippen LogP contribution >= 0.6 is 0 Å². The topological polar surface area (TPSA) is 126 Å². The van der Waals surface area contributed by atoms with Gasteiger partial charge in [-0.2, -0.15) is 10.4 Å². The van der Waals surface area contributed by atoms with Crippen LogP contribution in [0.1, 0.15) is 44.0 Å². The second-order valence-electron chi connectivity index (χ2n) is 8.91. The summed E-state index contributed by atoms with van der Waals surface area (Å²) in [5, 5.41) is 16.6. The number of benzene rings is 1. The summed E-state index contributed by atoms with van der Waals surface area (Å²) in [6.45, 7) is 4.97. The molecule has 0 radical (unpaired) electrons. The van der Waals surface area contributed by atoms with Gasteiger partial charge in [0.2, 0.25) is 0 Å². The highest BCUT2D eigenvalue weighted by Gasteiger charge is 2.48. The normalized spacial score (nSPS) is 20.7. The molecule has 0 unspecified atom stereocenters. The van der Waals surface area contributed by atoms with E-state index in [0.29, 0.717) is 5.69 Å². The number of hydrogen-bond donors (Lipinski definition) is 2. The van der Waals surface area contributed by atoms with Crippen molar-refractivity contribution in [2.75, 3.05) is 18.4 Å². The number of nitrogens with one attached hydrogen (secondary N) is 1. The van der Waals surface area contributed by atoms with Crippen molar-refractivity contribution in [2.45, 2.75) is 50.9 Å². The van der Waals surface area contributed by atoms with E-state index in [4.69, 9.17) is 10.5 Å². The maximum atomic E-state index is 15.6. The molecule has 176 valence electrons. The third kappa shape index (κ3) is 5.22. The zero-order valence-corrected chi connectivity index (χ0v) is 18.6.